The first-order chi connectivity index (χ1) is 12.7. The Kier molecular flexibility index (Phi) is 5.57. The zero-order valence-electron chi connectivity index (χ0n) is 13.9. The summed E-state index contributed by atoms with van der Waals surface area (Å²) in [6, 6.07) is 13.5. The highest BCUT2D eigenvalue weighted by atomic mass is 79.9. The minimum Gasteiger partial charge on any atom is -0.329 e. The maximum absolute atomic E-state index is 13.4. The third-order valence-corrected chi connectivity index (χ3v) is 4.49. The zero-order valence-corrected chi connectivity index (χ0v) is 16.3. The van der Waals surface area contributed by atoms with Gasteiger partial charge in [0.05, 0.1) is 0 Å². The Morgan fingerprint density at radius 2 is 1.67 bits per heavy atom. The van der Waals surface area contributed by atoms with Gasteiger partial charge in [0.2, 0.25) is 5.95 Å². The van der Waals surface area contributed by atoms with Crippen LogP contribution in [0.2, 0.25) is 5.02 Å². The smallest absolute Gasteiger partial charge is 0.329 e. The molecule has 0 aliphatic heterocycles. The van der Waals surface area contributed by atoms with Crippen LogP contribution in [0.5, 0.6) is 0 Å². The fraction of sp³-hybridized carbons (Fsp3) is 0.111. The maximum Gasteiger partial charge on any atom is 0.421 e. The van der Waals surface area contributed by atoms with Crippen LogP contribution in [0.25, 0.3) is 0 Å². The number of benzene rings is 2. The van der Waals surface area contributed by atoms with E-state index in [-0.39, 0.29) is 11.8 Å². The zero-order chi connectivity index (χ0) is 19.6. The first-order valence-corrected chi connectivity index (χ1v) is 8.87. The summed E-state index contributed by atoms with van der Waals surface area (Å²) in [4.78, 5) is 9.25. The summed E-state index contributed by atoms with van der Waals surface area (Å²) in [5.74, 6) is -0.208. The van der Waals surface area contributed by atoms with Crippen molar-refractivity contribution < 1.29 is 13.2 Å². The van der Waals surface area contributed by atoms with Crippen LogP contribution in [-0.2, 0) is 6.18 Å². The SMILES string of the molecule is CN(c1ccc(Cl)cc1)c1nc(Nc2ccc(Br)cc2)ncc1C(F)(F)F. The number of nitrogens with zero attached hydrogens (tertiary/aromatic N) is 3. The van der Waals surface area contributed by atoms with Crippen molar-refractivity contribution in [2.45, 2.75) is 6.18 Å². The largest absolute Gasteiger partial charge is 0.421 e. The molecule has 27 heavy (non-hydrogen) atoms. The van der Waals surface area contributed by atoms with Gasteiger partial charge in [-0.2, -0.15) is 18.2 Å². The van der Waals surface area contributed by atoms with Gasteiger partial charge in [0, 0.05) is 34.1 Å². The number of anilines is 4. The predicted molar refractivity (Wildman–Crippen MR) is 104 cm³/mol. The number of aromatic nitrogens is 2. The maximum atomic E-state index is 13.4. The van der Waals surface area contributed by atoms with Crippen LogP contribution in [0.1, 0.15) is 5.56 Å². The van der Waals surface area contributed by atoms with Crippen molar-refractivity contribution in [1.29, 1.82) is 0 Å². The van der Waals surface area contributed by atoms with Crippen molar-refractivity contribution in [1.82, 2.24) is 9.97 Å². The number of hydrogen-bond acceptors (Lipinski definition) is 4. The Labute approximate surface area is 167 Å². The Morgan fingerprint density at radius 1 is 1.04 bits per heavy atom. The molecule has 0 aliphatic rings. The van der Waals surface area contributed by atoms with E-state index in [0.29, 0.717) is 16.4 Å². The van der Waals surface area contributed by atoms with Gasteiger partial charge in [-0.05, 0) is 48.5 Å². The van der Waals surface area contributed by atoms with Gasteiger partial charge in [0.15, 0.2) is 5.82 Å². The van der Waals surface area contributed by atoms with Gasteiger partial charge in [0.25, 0.3) is 0 Å². The van der Waals surface area contributed by atoms with Crippen LogP contribution < -0.4 is 10.2 Å². The monoisotopic (exact) mass is 456 g/mol. The molecule has 0 spiro atoms. The lowest BCUT2D eigenvalue weighted by Crippen LogP contribution is -2.19. The molecule has 0 atom stereocenters. The summed E-state index contributed by atoms with van der Waals surface area (Å²) in [5, 5.41) is 3.40. The van der Waals surface area contributed by atoms with E-state index < -0.39 is 11.7 Å². The molecular weight excluding hydrogens is 445 g/mol. The van der Waals surface area contributed by atoms with Gasteiger partial charge in [0.1, 0.15) is 5.56 Å². The van der Waals surface area contributed by atoms with Crippen molar-refractivity contribution in [3.05, 3.63) is 69.8 Å². The second-order valence-electron chi connectivity index (χ2n) is 5.60. The number of halogens is 5. The van der Waals surface area contributed by atoms with Crippen LogP contribution in [0.15, 0.2) is 59.2 Å². The Hall–Kier alpha value is -2.32. The summed E-state index contributed by atoms with van der Waals surface area (Å²) in [7, 11) is 1.50. The summed E-state index contributed by atoms with van der Waals surface area (Å²) in [6.07, 6.45) is -3.82. The Morgan fingerprint density at radius 3 is 2.26 bits per heavy atom. The van der Waals surface area contributed by atoms with E-state index in [1.807, 2.05) is 0 Å². The normalized spacial score (nSPS) is 11.3. The van der Waals surface area contributed by atoms with E-state index in [1.165, 1.54) is 11.9 Å². The van der Waals surface area contributed by atoms with Crippen LogP contribution in [0, 0.1) is 0 Å². The summed E-state index contributed by atoms with van der Waals surface area (Å²) < 4.78 is 41.2. The minimum absolute atomic E-state index is 0.0566. The molecule has 0 saturated heterocycles. The van der Waals surface area contributed by atoms with E-state index in [4.69, 9.17) is 11.6 Å². The molecule has 0 bridgehead atoms. The van der Waals surface area contributed by atoms with E-state index in [1.54, 1.807) is 48.5 Å². The number of hydrogen-bond donors (Lipinski definition) is 1. The molecule has 0 radical (unpaired) electrons. The van der Waals surface area contributed by atoms with Crippen LogP contribution >= 0.6 is 27.5 Å². The average Bonchev–Trinajstić information content (AvgIpc) is 2.63. The highest BCUT2D eigenvalue weighted by molar-refractivity contribution is 9.10. The molecule has 0 fully saturated rings. The van der Waals surface area contributed by atoms with Gasteiger partial charge in [-0.3, -0.25) is 0 Å². The quantitative estimate of drug-likeness (QED) is 0.491. The molecule has 140 valence electrons. The third kappa shape index (κ3) is 4.70. The van der Waals surface area contributed by atoms with Crippen molar-refractivity contribution in [3.63, 3.8) is 0 Å². The molecule has 1 aromatic heterocycles. The van der Waals surface area contributed by atoms with E-state index in [0.717, 1.165) is 10.7 Å². The van der Waals surface area contributed by atoms with Crippen molar-refractivity contribution in [3.8, 4) is 0 Å². The lowest BCUT2D eigenvalue weighted by atomic mass is 10.2. The molecule has 2 aromatic carbocycles. The van der Waals surface area contributed by atoms with Gasteiger partial charge in [-0.25, -0.2) is 4.98 Å². The lowest BCUT2D eigenvalue weighted by Gasteiger charge is -2.23. The average molecular weight is 458 g/mol. The van der Waals surface area contributed by atoms with E-state index in [2.05, 4.69) is 31.2 Å². The molecule has 3 aromatic rings. The highest BCUT2D eigenvalue weighted by Gasteiger charge is 2.36. The van der Waals surface area contributed by atoms with E-state index in [9.17, 15) is 13.2 Å². The highest BCUT2D eigenvalue weighted by Crippen LogP contribution is 2.37. The Balaban J connectivity index is 2.00. The number of alkyl halides is 3. The molecule has 9 heteroatoms. The molecule has 0 unspecified atom stereocenters. The minimum atomic E-state index is -4.59. The Bertz CT molecular complexity index is 931. The lowest BCUT2D eigenvalue weighted by molar-refractivity contribution is -0.137. The van der Waals surface area contributed by atoms with Gasteiger partial charge >= 0.3 is 6.18 Å². The molecule has 4 nitrogen and oxygen atoms in total. The van der Waals surface area contributed by atoms with Crippen LogP contribution in [0.4, 0.5) is 36.3 Å². The van der Waals surface area contributed by atoms with Crippen LogP contribution in [-0.4, -0.2) is 17.0 Å². The summed E-state index contributed by atoms with van der Waals surface area (Å²) >= 11 is 9.18. The number of rotatable bonds is 4. The topological polar surface area (TPSA) is 41.1 Å². The molecule has 0 amide bonds. The van der Waals surface area contributed by atoms with Crippen molar-refractivity contribution >= 4 is 50.7 Å². The predicted octanol–water partition coefficient (Wildman–Crippen LogP) is 6.42. The molecule has 1 N–H and O–H groups in total. The van der Waals surface area contributed by atoms with Crippen molar-refractivity contribution in [2.24, 2.45) is 0 Å². The van der Waals surface area contributed by atoms with Gasteiger partial charge in [-0.15, -0.1) is 0 Å². The fourth-order valence-electron chi connectivity index (χ4n) is 2.34. The molecule has 1 heterocycles. The molecule has 3 rings (SSSR count). The first-order valence-electron chi connectivity index (χ1n) is 7.70. The standard InChI is InChI=1S/C18H13BrClF3N4/c1-27(14-8-4-12(20)5-9-14)16-15(18(21,22)23)10-24-17(26-16)25-13-6-2-11(19)3-7-13/h2-10H,1H3,(H,24,25,26). The van der Waals surface area contributed by atoms with E-state index >= 15 is 0 Å². The fourth-order valence-corrected chi connectivity index (χ4v) is 2.73. The second-order valence-corrected chi connectivity index (χ2v) is 6.95. The second kappa shape index (κ2) is 7.74. The van der Waals surface area contributed by atoms with Crippen molar-refractivity contribution in [2.75, 3.05) is 17.3 Å². The molecular formula is C18H13BrClF3N4. The first kappa shape index (κ1) is 19.4. The van der Waals surface area contributed by atoms with Gasteiger partial charge in [-0.1, -0.05) is 27.5 Å². The molecule has 0 saturated carbocycles. The summed E-state index contributed by atoms with van der Waals surface area (Å²) in [6.45, 7) is 0. The third-order valence-electron chi connectivity index (χ3n) is 3.71. The van der Waals surface area contributed by atoms with Gasteiger partial charge < -0.3 is 10.2 Å². The molecule has 0 aliphatic carbocycles. The van der Waals surface area contributed by atoms with Crippen LogP contribution in [0.3, 0.4) is 0 Å². The summed E-state index contributed by atoms with van der Waals surface area (Å²) in [5.41, 5.74) is 0.234. The number of nitrogens with one attached hydrogen (secondary N) is 1.